The molecule has 8 heteroatoms. The molecule has 3 unspecified atom stereocenters. The van der Waals surface area contributed by atoms with E-state index in [0.29, 0.717) is 24.0 Å². The van der Waals surface area contributed by atoms with Gasteiger partial charge in [-0.1, -0.05) is 6.92 Å². The summed E-state index contributed by atoms with van der Waals surface area (Å²) in [5.74, 6) is 2.19. The fourth-order valence-corrected chi connectivity index (χ4v) is 5.51. The molecule has 1 saturated carbocycles. The Balaban J connectivity index is 1.44. The summed E-state index contributed by atoms with van der Waals surface area (Å²) in [6.45, 7) is 3.82. The van der Waals surface area contributed by atoms with E-state index in [-0.39, 0.29) is 17.9 Å². The molecule has 2 fully saturated rings. The van der Waals surface area contributed by atoms with E-state index in [1.54, 1.807) is 12.3 Å². The molecular weight excluding hydrogens is 419 g/mol. The zero-order valence-electron chi connectivity index (χ0n) is 18.8. The van der Waals surface area contributed by atoms with Gasteiger partial charge in [0, 0.05) is 49.5 Å². The topological polar surface area (TPSA) is 89.2 Å². The number of anilines is 2. The van der Waals surface area contributed by atoms with Crippen molar-refractivity contribution in [2.75, 3.05) is 30.4 Å². The summed E-state index contributed by atoms with van der Waals surface area (Å²) < 4.78 is 20.5. The SMILES string of the molecule is CCc1ccc(Oc2nc3c(c(N4CC5CC(N)C5C4)n2)-c2cc(F)cc(NC)c2C3)cn1. The number of fused-ring (bicyclic) bond motifs is 4. The van der Waals surface area contributed by atoms with Gasteiger partial charge in [0.2, 0.25) is 0 Å². The number of halogens is 1. The highest BCUT2D eigenvalue weighted by atomic mass is 19.1. The summed E-state index contributed by atoms with van der Waals surface area (Å²) in [6.07, 6.45) is 4.21. The lowest BCUT2D eigenvalue weighted by atomic mass is 9.72. The second-order valence-electron chi connectivity index (χ2n) is 9.23. The Labute approximate surface area is 192 Å². The van der Waals surface area contributed by atoms with Gasteiger partial charge >= 0.3 is 6.01 Å². The number of benzene rings is 1. The molecule has 3 heterocycles. The number of pyridine rings is 1. The van der Waals surface area contributed by atoms with E-state index in [4.69, 9.17) is 20.4 Å². The van der Waals surface area contributed by atoms with E-state index in [2.05, 4.69) is 22.1 Å². The van der Waals surface area contributed by atoms with Crippen LogP contribution in [-0.4, -0.2) is 41.1 Å². The molecule has 33 heavy (non-hydrogen) atoms. The molecule has 2 aromatic heterocycles. The fourth-order valence-electron chi connectivity index (χ4n) is 5.51. The van der Waals surface area contributed by atoms with Crippen LogP contribution in [0.25, 0.3) is 11.1 Å². The number of aryl methyl sites for hydroxylation is 1. The van der Waals surface area contributed by atoms with Crippen LogP contribution in [0.4, 0.5) is 15.9 Å². The van der Waals surface area contributed by atoms with Crippen molar-refractivity contribution in [2.24, 2.45) is 17.6 Å². The summed E-state index contributed by atoms with van der Waals surface area (Å²) in [6, 6.07) is 7.50. The second-order valence-corrected chi connectivity index (χ2v) is 9.23. The van der Waals surface area contributed by atoms with Gasteiger partial charge in [-0.2, -0.15) is 9.97 Å². The molecule has 3 aliphatic rings. The third-order valence-electron chi connectivity index (χ3n) is 7.33. The van der Waals surface area contributed by atoms with E-state index in [1.807, 2.05) is 19.2 Å². The lowest BCUT2D eigenvalue weighted by Crippen LogP contribution is -2.46. The van der Waals surface area contributed by atoms with Gasteiger partial charge in [0.25, 0.3) is 0 Å². The van der Waals surface area contributed by atoms with Crippen molar-refractivity contribution in [3.63, 3.8) is 0 Å². The van der Waals surface area contributed by atoms with Crippen LogP contribution in [-0.2, 0) is 12.8 Å². The molecular formula is C25H27FN6O. The Kier molecular flexibility index (Phi) is 4.72. The van der Waals surface area contributed by atoms with Crippen LogP contribution in [0.5, 0.6) is 11.8 Å². The summed E-state index contributed by atoms with van der Waals surface area (Å²) >= 11 is 0. The third kappa shape index (κ3) is 3.31. The quantitative estimate of drug-likeness (QED) is 0.482. The van der Waals surface area contributed by atoms with Crippen molar-refractivity contribution in [1.29, 1.82) is 0 Å². The predicted octanol–water partition coefficient (Wildman–Crippen LogP) is 3.76. The number of ether oxygens (including phenoxy) is 1. The van der Waals surface area contributed by atoms with Gasteiger partial charge in [0.05, 0.1) is 11.9 Å². The molecule has 1 saturated heterocycles. The van der Waals surface area contributed by atoms with Gasteiger partial charge in [-0.05, 0) is 60.1 Å². The smallest absolute Gasteiger partial charge is 0.324 e. The molecule has 0 bridgehead atoms. The largest absolute Gasteiger partial charge is 0.423 e. The highest BCUT2D eigenvalue weighted by molar-refractivity contribution is 5.88. The molecule has 0 radical (unpaired) electrons. The highest BCUT2D eigenvalue weighted by Crippen LogP contribution is 2.48. The molecule has 6 rings (SSSR count). The van der Waals surface area contributed by atoms with Gasteiger partial charge in [-0.3, -0.25) is 4.98 Å². The Hall–Kier alpha value is -3.26. The summed E-state index contributed by atoms with van der Waals surface area (Å²) in [7, 11) is 1.81. The highest BCUT2D eigenvalue weighted by Gasteiger charge is 2.46. The van der Waals surface area contributed by atoms with Crippen LogP contribution >= 0.6 is 0 Å². The molecule has 3 atom stereocenters. The maximum Gasteiger partial charge on any atom is 0.324 e. The lowest BCUT2D eigenvalue weighted by molar-refractivity contribution is 0.194. The number of aromatic nitrogens is 3. The van der Waals surface area contributed by atoms with E-state index < -0.39 is 0 Å². The Bertz CT molecular complexity index is 1230. The monoisotopic (exact) mass is 446 g/mol. The van der Waals surface area contributed by atoms with Crippen LogP contribution in [0, 0.1) is 17.7 Å². The minimum absolute atomic E-state index is 0.245. The van der Waals surface area contributed by atoms with Crippen molar-refractivity contribution in [3.8, 4) is 22.9 Å². The molecule has 7 nitrogen and oxygen atoms in total. The van der Waals surface area contributed by atoms with E-state index in [0.717, 1.165) is 65.5 Å². The molecule has 3 aromatic rings. The number of hydrogen-bond donors (Lipinski definition) is 2. The molecule has 170 valence electrons. The fraction of sp³-hybridized carbons (Fsp3) is 0.400. The van der Waals surface area contributed by atoms with Crippen LogP contribution < -0.4 is 20.7 Å². The van der Waals surface area contributed by atoms with Crippen LogP contribution in [0.15, 0.2) is 30.5 Å². The first-order chi connectivity index (χ1) is 16.0. The normalized spacial score (nSPS) is 22.4. The number of hydrogen-bond acceptors (Lipinski definition) is 7. The molecule has 1 aromatic carbocycles. The van der Waals surface area contributed by atoms with Gasteiger partial charge in [0.15, 0.2) is 0 Å². The first-order valence-corrected chi connectivity index (χ1v) is 11.6. The van der Waals surface area contributed by atoms with E-state index in [1.165, 1.54) is 6.07 Å². The first-order valence-electron chi connectivity index (χ1n) is 11.6. The number of nitrogens with zero attached hydrogens (tertiary/aromatic N) is 4. The van der Waals surface area contributed by atoms with E-state index >= 15 is 0 Å². The van der Waals surface area contributed by atoms with Crippen LogP contribution in [0.1, 0.15) is 30.3 Å². The summed E-state index contributed by atoms with van der Waals surface area (Å²) in [5.41, 5.74) is 11.7. The zero-order valence-corrected chi connectivity index (χ0v) is 18.8. The van der Waals surface area contributed by atoms with Crippen LogP contribution in [0.3, 0.4) is 0 Å². The molecule has 3 N–H and O–H groups in total. The van der Waals surface area contributed by atoms with Crippen molar-refractivity contribution in [2.45, 2.75) is 32.2 Å². The average molecular weight is 447 g/mol. The summed E-state index contributed by atoms with van der Waals surface area (Å²) in [4.78, 5) is 16.3. The Morgan fingerprint density at radius 3 is 2.82 bits per heavy atom. The van der Waals surface area contributed by atoms with Crippen LogP contribution in [0.2, 0.25) is 0 Å². The standard InChI is InChI=1S/C25H27FN6O/c1-3-15-4-5-16(10-29-15)33-25-30-22-9-17-18(7-14(26)8-21(17)28-2)23(22)24(31-25)32-11-13-6-20(27)19(13)12-32/h4-5,7-8,10,13,19-20,28H,3,6,9,11-12,27H2,1-2H3. The number of nitrogens with two attached hydrogens (primary N) is 1. The molecule has 2 aliphatic carbocycles. The summed E-state index contributed by atoms with van der Waals surface area (Å²) in [5, 5.41) is 3.13. The molecule has 0 spiro atoms. The van der Waals surface area contributed by atoms with Gasteiger partial charge in [-0.25, -0.2) is 4.39 Å². The number of nitrogens with one attached hydrogen (secondary N) is 1. The van der Waals surface area contributed by atoms with Gasteiger partial charge < -0.3 is 20.7 Å². The third-order valence-corrected chi connectivity index (χ3v) is 7.33. The van der Waals surface area contributed by atoms with Crippen molar-refractivity contribution >= 4 is 11.5 Å². The van der Waals surface area contributed by atoms with Crippen molar-refractivity contribution < 1.29 is 9.13 Å². The Morgan fingerprint density at radius 2 is 2.12 bits per heavy atom. The maximum atomic E-state index is 14.5. The zero-order chi connectivity index (χ0) is 22.7. The average Bonchev–Trinajstić information content (AvgIpc) is 3.36. The Morgan fingerprint density at radius 1 is 1.24 bits per heavy atom. The minimum atomic E-state index is -0.275. The maximum absolute atomic E-state index is 14.5. The van der Waals surface area contributed by atoms with E-state index in [9.17, 15) is 4.39 Å². The second kappa shape index (κ2) is 7.66. The predicted molar refractivity (Wildman–Crippen MR) is 125 cm³/mol. The van der Waals surface area contributed by atoms with Crippen molar-refractivity contribution in [3.05, 3.63) is 53.2 Å². The van der Waals surface area contributed by atoms with Crippen molar-refractivity contribution in [1.82, 2.24) is 15.0 Å². The van der Waals surface area contributed by atoms with Gasteiger partial charge in [-0.15, -0.1) is 0 Å². The number of rotatable bonds is 5. The minimum Gasteiger partial charge on any atom is -0.423 e. The van der Waals surface area contributed by atoms with Gasteiger partial charge in [0.1, 0.15) is 17.4 Å². The lowest BCUT2D eigenvalue weighted by Gasteiger charge is -2.36. The molecule has 0 amide bonds. The first kappa shape index (κ1) is 20.4. The molecule has 1 aliphatic heterocycles.